The number of benzene rings is 2. The van der Waals surface area contributed by atoms with E-state index in [1.807, 2.05) is 32.2 Å². The summed E-state index contributed by atoms with van der Waals surface area (Å²) in [6.07, 6.45) is 5.97. The second-order valence-electron chi connectivity index (χ2n) is 7.36. The number of aromatic nitrogens is 1. The van der Waals surface area contributed by atoms with Crippen molar-refractivity contribution in [2.75, 3.05) is 20.6 Å². The summed E-state index contributed by atoms with van der Waals surface area (Å²) >= 11 is 0.692. The molecule has 29 heavy (non-hydrogen) atoms. The number of H-pyrrole nitrogens is 1. The Morgan fingerprint density at radius 1 is 1.03 bits per heavy atom. The van der Waals surface area contributed by atoms with E-state index in [2.05, 4.69) is 30.9 Å². The molecule has 0 unspecified atom stereocenters. The number of rotatable bonds is 7. The van der Waals surface area contributed by atoms with Gasteiger partial charge in [-0.3, -0.25) is 0 Å². The van der Waals surface area contributed by atoms with Gasteiger partial charge in [-0.25, -0.2) is 8.78 Å². The zero-order valence-corrected chi connectivity index (χ0v) is 18.6. The molecular weight excluding hydrogens is 390 g/mol. The van der Waals surface area contributed by atoms with E-state index in [9.17, 15) is 8.78 Å². The molecule has 2 aromatic carbocycles. The Kier molecular flexibility index (Phi) is 8.99. The van der Waals surface area contributed by atoms with Crippen molar-refractivity contribution in [1.29, 1.82) is 0 Å². The summed E-state index contributed by atoms with van der Waals surface area (Å²) in [4.78, 5) is 5.29. The van der Waals surface area contributed by atoms with Gasteiger partial charge in [0.2, 0.25) is 0 Å². The molecule has 0 aliphatic carbocycles. The van der Waals surface area contributed by atoms with Gasteiger partial charge in [0.05, 0.1) is 12.0 Å². The fraction of sp³-hybridized carbons (Fsp3) is 0.391. The molecule has 3 aromatic rings. The Hall–Kier alpha value is -2.05. The van der Waals surface area contributed by atoms with Gasteiger partial charge < -0.3 is 14.1 Å². The third-order valence-electron chi connectivity index (χ3n) is 4.52. The van der Waals surface area contributed by atoms with Crippen LogP contribution in [0.5, 0.6) is 5.75 Å². The number of aryl methyl sites for hydroxylation is 2. The summed E-state index contributed by atoms with van der Waals surface area (Å²) in [5, 5.41) is 1.04. The van der Waals surface area contributed by atoms with Crippen LogP contribution in [0.4, 0.5) is 8.78 Å². The molecule has 0 aliphatic rings. The van der Waals surface area contributed by atoms with E-state index in [1.54, 1.807) is 0 Å². The average molecular weight is 421 g/mol. The Balaban J connectivity index is 0.000000321. The second kappa shape index (κ2) is 11.2. The van der Waals surface area contributed by atoms with E-state index in [4.69, 9.17) is 4.18 Å². The van der Waals surface area contributed by atoms with Crippen molar-refractivity contribution < 1.29 is 13.0 Å². The summed E-state index contributed by atoms with van der Waals surface area (Å²) in [7, 11) is 4.24. The van der Waals surface area contributed by atoms with Crippen LogP contribution in [-0.4, -0.2) is 30.5 Å². The molecular formula is C23H30F2N2OS. The molecule has 1 N–H and O–H groups in total. The fourth-order valence-electron chi connectivity index (χ4n) is 2.89. The largest absolute Gasteiger partial charge is 0.420 e. The number of fused-ring (bicyclic) bond motifs is 1. The number of nitrogens with zero attached hydrogens (tertiary/aromatic N) is 1. The smallest absolute Gasteiger partial charge is 0.143 e. The molecule has 0 bridgehead atoms. The Labute approximate surface area is 176 Å². The molecule has 0 amide bonds. The second-order valence-corrected chi connectivity index (χ2v) is 8.10. The van der Waals surface area contributed by atoms with Crippen LogP contribution in [0, 0.1) is 25.5 Å². The van der Waals surface area contributed by atoms with Crippen molar-refractivity contribution >= 4 is 22.9 Å². The maximum atomic E-state index is 13.6. The maximum Gasteiger partial charge on any atom is 0.143 e. The molecule has 0 saturated carbocycles. The van der Waals surface area contributed by atoms with Gasteiger partial charge in [-0.05, 0) is 76.3 Å². The number of hydrogen-bond donors (Lipinski definition) is 1. The van der Waals surface area contributed by atoms with Crippen molar-refractivity contribution in [3.63, 3.8) is 0 Å². The summed E-state index contributed by atoms with van der Waals surface area (Å²) in [6.45, 7) is 7.43. The van der Waals surface area contributed by atoms with Crippen molar-refractivity contribution in [3.8, 4) is 5.75 Å². The molecule has 0 radical (unpaired) electrons. The van der Waals surface area contributed by atoms with E-state index < -0.39 is 11.6 Å². The lowest BCUT2D eigenvalue weighted by molar-refractivity contribution is 0.393. The first kappa shape index (κ1) is 23.2. The number of aromatic amines is 1. The molecule has 1 aromatic heterocycles. The molecule has 6 heteroatoms. The molecule has 158 valence electrons. The van der Waals surface area contributed by atoms with Crippen molar-refractivity contribution in [1.82, 2.24) is 9.88 Å². The normalized spacial score (nSPS) is 10.9. The lowest BCUT2D eigenvalue weighted by atomic mass is 10.1. The SMILES string of the molecule is CCCCCN(C)C.Cc1c[nH]c2c(C)cc(OSc3c(F)cccc3F)cc12. The van der Waals surface area contributed by atoms with Crippen LogP contribution in [0.1, 0.15) is 37.3 Å². The van der Waals surface area contributed by atoms with E-state index >= 15 is 0 Å². The van der Waals surface area contributed by atoms with E-state index in [1.165, 1.54) is 44.0 Å². The van der Waals surface area contributed by atoms with Crippen LogP contribution in [0.2, 0.25) is 0 Å². The Morgan fingerprint density at radius 2 is 1.72 bits per heavy atom. The minimum Gasteiger partial charge on any atom is -0.420 e. The van der Waals surface area contributed by atoms with Gasteiger partial charge in [0.1, 0.15) is 22.3 Å². The van der Waals surface area contributed by atoms with Gasteiger partial charge in [0, 0.05) is 17.1 Å². The van der Waals surface area contributed by atoms with Gasteiger partial charge in [-0.2, -0.15) is 0 Å². The zero-order chi connectivity index (χ0) is 21.4. The monoisotopic (exact) mass is 420 g/mol. The zero-order valence-electron chi connectivity index (χ0n) is 17.8. The Bertz CT molecular complexity index is 904. The van der Waals surface area contributed by atoms with Gasteiger partial charge in [0.25, 0.3) is 0 Å². The number of halogens is 2. The predicted octanol–water partition coefficient (Wildman–Crippen LogP) is 6.89. The standard InChI is InChI=1S/C16H13F2NOS.C7H17N/c1-9-6-11(7-12-10(2)8-19-15(9)12)20-21-16-13(17)4-3-5-14(16)18;1-4-5-6-7-8(2)3/h3-8,19H,1-2H3;4-7H2,1-3H3. The summed E-state index contributed by atoms with van der Waals surface area (Å²) in [5.41, 5.74) is 3.16. The first-order valence-electron chi connectivity index (χ1n) is 9.85. The highest BCUT2D eigenvalue weighted by atomic mass is 32.2. The molecule has 0 spiro atoms. The highest BCUT2D eigenvalue weighted by molar-refractivity contribution is 7.95. The van der Waals surface area contributed by atoms with E-state index in [0.717, 1.165) is 22.0 Å². The first-order valence-corrected chi connectivity index (χ1v) is 10.6. The highest BCUT2D eigenvalue weighted by Gasteiger charge is 2.12. The quantitative estimate of drug-likeness (QED) is 0.333. The lowest BCUT2D eigenvalue weighted by Crippen LogP contribution is -2.12. The van der Waals surface area contributed by atoms with Crippen molar-refractivity contribution in [3.05, 3.63) is 59.3 Å². The first-order chi connectivity index (χ1) is 13.8. The maximum absolute atomic E-state index is 13.6. The lowest BCUT2D eigenvalue weighted by Gasteiger charge is -2.07. The highest BCUT2D eigenvalue weighted by Crippen LogP contribution is 2.32. The molecule has 3 rings (SSSR count). The minimum absolute atomic E-state index is 0.138. The fourth-order valence-corrected chi connectivity index (χ4v) is 3.46. The van der Waals surface area contributed by atoms with Gasteiger partial charge in [0.15, 0.2) is 0 Å². The molecule has 0 saturated heterocycles. The molecule has 1 heterocycles. The molecule has 3 nitrogen and oxygen atoms in total. The van der Waals surface area contributed by atoms with Crippen LogP contribution in [0.3, 0.4) is 0 Å². The summed E-state index contributed by atoms with van der Waals surface area (Å²) in [5.74, 6) is -0.693. The Morgan fingerprint density at radius 3 is 2.34 bits per heavy atom. The van der Waals surface area contributed by atoms with Crippen LogP contribution in [0.15, 0.2) is 41.4 Å². The van der Waals surface area contributed by atoms with Crippen molar-refractivity contribution in [2.24, 2.45) is 0 Å². The van der Waals surface area contributed by atoms with Gasteiger partial charge in [-0.15, -0.1) is 0 Å². The summed E-state index contributed by atoms with van der Waals surface area (Å²) in [6, 6.07) is 7.44. The topological polar surface area (TPSA) is 28.3 Å². The van der Waals surface area contributed by atoms with Gasteiger partial charge >= 0.3 is 0 Å². The number of hydrogen-bond acceptors (Lipinski definition) is 3. The van der Waals surface area contributed by atoms with Crippen molar-refractivity contribution in [2.45, 2.75) is 44.9 Å². The molecule has 0 fully saturated rings. The number of unbranched alkanes of at least 4 members (excludes halogenated alkanes) is 2. The van der Waals surface area contributed by atoms with E-state index in [0.29, 0.717) is 17.8 Å². The van der Waals surface area contributed by atoms with Crippen LogP contribution in [-0.2, 0) is 0 Å². The third-order valence-corrected chi connectivity index (χ3v) is 5.35. The average Bonchev–Trinajstić information content (AvgIpc) is 3.03. The van der Waals surface area contributed by atoms with E-state index in [-0.39, 0.29) is 4.90 Å². The van der Waals surface area contributed by atoms with Crippen LogP contribution < -0.4 is 4.18 Å². The number of nitrogens with one attached hydrogen (secondary N) is 1. The third kappa shape index (κ3) is 6.75. The van der Waals surface area contributed by atoms with Gasteiger partial charge in [-0.1, -0.05) is 25.8 Å². The molecule has 0 atom stereocenters. The van der Waals surface area contributed by atoms with Crippen LogP contribution >= 0.6 is 12.0 Å². The minimum atomic E-state index is -0.629. The predicted molar refractivity (Wildman–Crippen MR) is 119 cm³/mol. The summed E-state index contributed by atoms with van der Waals surface area (Å²) < 4.78 is 32.6. The van der Waals surface area contributed by atoms with Crippen LogP contribution in [0.25, 0.3) is 10.9 Å². The molecule has 0 aliphatic heterocycles.